The molecule has 1 fully saturated rings. The number of rotatable bonds is 8. The normalized spacial score (nSPS) is 20.4. The average Bonchev–Trinajstić information content (AvgIpc) is 2.55. The van der Waals surface area contributed by atoms with Gasteiger partial charge in [0.15, 0.2) is 6.29 Å². The molecule has 0 spiro atoms. The van der Waals surface area contributed by atoms with Crippen LogP contribution in [0.4, 0.5) is 0 Å². The molecule has 0 saturated carbocycles. The lowest BCUT2D eigenvalue weighted by Crippen LogP contribution is -2.30. The quantitative estimate of drug-likeness (QED) is 0.726. The van der Waals surface area contributed by atoms with Crippen LogP contribution in [0.5, 0.6) is 0 Å². The fourth-order valence-corrected chi connectivity index (χ4v) is 2.93. The molecule has 1 aliphatic heterocycles. The van der Waals surface area contributed by atoms with E-state index in [1.807, 2.05) is 26.0 Å². The second-order valence-corrected chi connectivity index (χ2v) is 7.45. The maximum atomic E-state index is 9.29. The number of aliphatic hydroxyl groups excluding tert-OH is 1. The van der Waals surface area contributed by atoms with E-state index in [1.165, 1.54) is 0 Å². The van der Waals surface area contributed by atoms with Crippen LogP contribution in [0.15, 0.2) is 28.7 Å². The maximum Gasteiger partial charge on any atom is 0.158 e. The van der Waals surface area contributed by atoms with Gasteiger partial charge in [0.25, 0.3) is 0 Å². The number of ether oxygens (including phenoxy) is 3. The van der Waals surface area contributed by atoms with Gasteiger partial charge in [0.2, 0.25) is 0 Å². The first kappa shape index (κ1) is 18.9. The molecule has 1 heterocycles. The maximum absolute atomic E-state index is 9.29. The fourth-order valence-electron chi connectivity index (χ4n) is 2.51. The zero-order valence-electron chi connectivity index (χ0n) is 14.0. The van der Waals surface area contributed by atoms with Gasteiger partial charge in [0, 0.05) is 17.5 Å². The smallest absolute Gasteiger partial charge is 0.158 e. The van der Waals surface area contributed by atoms with E-state index in [4.69, 9.17) is 14.2 Å². The van der Waals surface area contributed by atoms with Gasteiger partial charge in [0.1, 0.15) is 0 Å². The first-order chi connectivity index (χ1) is 11.0. The molecule has 2 rings (SSSR count). The molecular formula is C18H27BrO4. The van der Waals surface area contributed by atoms with Crippen molar-refractivity contribution >= 4 is 15.9 Å². The Morgan fingerprint density at radius 1 is 1.39 bits per heavy atom. The monoisotopic (exact) mass is 386 g/mol. The Kier molecular flexibility index (Phi) is 7.50. The average molecular weight is 387 g/mol. The van der Waals surface area contributed by atoms with Crippen LogP contribution in [0.3, 0.4) is 0 Å². The number of hydrogen-bond acceptors (Lipinski definition) is 4. The molecule has 23 heavy (non-hydrogen) atoms. The fraction of sp³-hybridized carbons (Fsp3) is 0.667. The van der Waals surface area contributed by atoms with Crippen LogP contribution in [0.2, 0.25) is 0 Å². The van der Waals surface area contributed by atoms with Crippen molar-refractivity contribution in [2.75, 3.05) is 19.8 Å². The minimum atomic E-state index is -0.525. The molecule has 1 saturated heterocycles. The Bertz CT molecular complexity index is 472. The SMILES string of the molecule is CC(C)(CO)OCCC(OC1CCCCO1)c1cccc(Br)c1. The molecule has 1 aromatic rings. The van der Waals surface area contributed by atoms with Crippen LogP contribution in [-0.4, -0.2) is 36.8 Å². The van der Waals surface area contributed by atoms with Crippen LogP contribution in [0, 0.1) is 0 Å². The van der Waals surface area contributed by atoms with E-state index in [0.717, 1.165) is 42.3 Å². The second-order valence-electron chi connectivity index (χ2n) is 6.53. The topological polar surface area (TPSA) is 47.9 Å². The summed E-state index contributed by atoms with van der Waals surface area (Å²) in [6, 6.07) is 8.15. The number of benzene rings is 1. The van der Waals surface area contributed by atoms with Crippen molar-refractivity contribution in [1.82, 2.24) is 0 Å². The summed E-state index contributed by atoms with van der Waals surface area (Å²) in [6.45, 7) is 5.06. The third-order valence-corrected chi connectivity index (χ3v) is 4.42. The molecule has 130 valence electrons. The molecule has 0 aliphatic carbocycles. The van der Waals surface area contributed by atoms with Crippen molar-refractivity contribution in [2.45, 2.75) is 57.5 Å². The van der Waals surface area contributed by atoms with E-state index in [-0.39, 0.29) is 19.0 Å². The van der Waals surface area contributed by atoms with Gasteiger partial charge in [-0.1, -0.05) is 28.1 Å². The minimum absolute atomic E-state index is 0.00114. The zero-order valence-corrected chi connectivity index (χ0v) is 15.5. The van der Waals surface area contributed by atoms with E-state index in [0.29, 0.717) is 6.61 Å². The standard InChI is InChI=1S/C18H27BrO4/c1-18(2,13-20)22-11-9-16(14-6-5-7-15(19)12-14)23-17-8-3-4-10-21-17/h5-7,12,16-17,20H,3-4,8-11,13H2,1-2H3. The Morgan fingerprint density at radius 3 is 2.87 bits per heavy atom. The summed E-state index contributed by atoms with van der Waals surface area (Å²) < 4.78 is 18.7. The molecule has 1 aliphatic rings. The molecule has 2 unspecified atom stereocenters. The molecule has 1 N–H and O–H groups in total. The van der Waals surface area contributed by atoms with Crippen molar-refractivity contribution in [1.29, 1.82) is 0 Å². The highest BCUT2D eigenvalue weighted by molar-refractivity contribution is 9.10. The highest BCUT2D eigenvalue weighted by Gasteiger charge is 2.23. The van der Waals surface area contributed by atoms with Crippen molar-refractivity contribution in [3.05, 3.63) is 34.3 Å². The van der Waals surface area contributed by atoms with E-state index >= 15 is 0 Å². The third kappa shape index (κ3) is 6.51. The zero-order chi connectivity index (χ0) is 16.7. The molecule has 2 atom stereocenters. The predicted molar refractivity (Wildman–Crippen MR) is 93.3 cm³/mol. The second kappa shape index (κ2) is 9.14. The molecule has 5 heteroatoms. The molecule has 4 nitrogen and oxygen atoms in total. The van der Waals surface area contributed by atoms with Crippen molar-refractivity contribution in [3.63, 3.8) is 0 Å². The Labute approximate surface area is 147 Å². The van der Waals surface area contributed by atoms with Crippen molar-refractivity contribution in [3.8, 4) is 0 Å². The van der Waals surface area contributed by atoms with Crippen molar-refractivity contribution < 1.29 is 19.3 Å². The molecule has 1 aromatic carbocycles. The highest BCUT2D eigenvalue weighted by atomic mass is 79.9. The third-order valence-electron chi connectivity index (χ3n) is 3.93. The van der Waals surface area contributed by atoms with E-state index in [9.17, 15) is 5.11 Å². The van der Waals surface area contributed by atoms with Gasteiger partial charge in [-0.05, 0) is 50.8 Å². The Hall–Kier alpha value is -0.460. The summed E-state index contributed by atoms with van der Waals surface area (Å²) in [4.78, 5) is 0. The number of hydrogen-bond donors (Lipinski definition) is 1. The van der Waals surface area contributed by atoms with Gasteiger partial charge >= 0.3 is 0 Å². The Balaban J connectivity index is 1.98. The van der Waals surface area contributed by atoms with Crippen LogP contribution in [0.1, 0.15) is 51.2 Å². The van der Waals surface area contributed by atoms with E-state index in [1.54, 1.807) is 0 Å². The number of halogens is 1. The molecule has 0 bridgehead atoms. The largest absolute Gasteiger partial charge is 0.393 e. The summed E-state index contributed by atoms with van der Waals surface area (Å²) in [6.07, 6.45) is 3.69. The first-order valence-electron chi connectivity index (χ1n) is 8.27. The van der Waals surface area contributed by atoms with Gasteiger partial charge in [-0.25, -0.2) is 0 Å². The van der Waals surface area contributed by atoms with E-state index in [2.05, 4.69) is 28.1 Å². The highest BCUT2D eigenvalue weighted by Crippen LogP contribution is 2.29. The summed E-state index contributed by atoms with van der Waals surface area (Å²) in [5, 5.41) is 9.29. The predicted octanol–water partition coefficient (Wildman–Crippen LogP) is 4.21. The lowest BCUT2D eigenvalue weighted by molar-refractivity contribution is -0.195. The molecule has 0 aromatic heterocycles. The number of aliphatic hydroxyl groups is 1. The van der Waals surface area contributed by atoms with Gasteiger partial charge in [-0.3, -0.25) is 0 Å². The summed E-state index contributed by atoms with van der Waals surface area (Å²) >= 11 is 3.52. The molecule has 0 amide bonds. The van der Waals surface area contributed by atoms with Gasteiger partial charge in [0.05, 0.1) is 24.9 Å². The van der Waals surface area contributed by atoms with Gasteiger partial charge < -0.3 is 19.3 Å². The molecule has 0 radical (unpaired) electrons. The molecular weight excluding hydrogens is 360 g/mol. The van der Waals surface area contributed by atoms with Crippen LogP contribution in [0.25, 0.3) is 0 Å². The first-order valence-corrected chi connectivity index (χ1v) is 9.07. The van der Waals surface area contributed by atoms with Gasteiger partial charge in [-0.2, -0.15) is 0 Å². The van der Waals surface area contributed by atoms with Crippen LogP contribution < -0.4 is 0 Å². The van der Waals surface area contributed by atoms with Crippen LogP contribution >= 0.6 is 15.9 Å². The van der Waals surface area contributed by atoms with Gasteiger partial charge in [-0.15, -0.1) is 0 Å². The van der Waals surface area contributed by atoms with Crippen LogP contribution in [-0.2, 0) is 14.2 Å². The van der Waals surface area contributed by atoms with E-state index < -0.39 is 5.60 Å². The van der Waals surface area contributed by atoms with Crippen molar-refractivity contribution in [2.24, 2.45) is 0 Å². The summed E-state index contributed by atoms with van der Waals surface area (Å²) in [5.74, 6) is 0. The Morgan fingerprint density at radius 2 is 2.22 bits per heavy atom. The summed E-state index contributed by atoms with van der Waals surface area (Å²) in [7, 11) is 0. The lowest BCUT2D eigenvalue weighted by atomic mass is 10.1. The summed E-state index contributed by atoms with van der Waals surface area (Å²) in [5.41, 5.74) is 0.585. The minimum Gasteiger partial charge on any atom is -0.393 e. The lowest BCUT2D eigenvalue weighted by Gasteiger charge is -2.29.